The number of thioether (sulfide) groups is 1. The van der Waals surface area contributed by atoms with Crippen LogP contribution in [0.25, 0.3) is 17.1 Å². The summed E-state index contributed by atoms with van der Waals surface area (Å²) in [6, 6.07) is 21.5. The molecule has 37 heavy (non-hydrogen) atoms. The van der Waals surface area contributed by atoms with E-state index in [9.17, 15) is 14.9 Å². The van der Waals surface area contributed by atoms with E-state index in [1.165, 1.54) is 23.9 Å². The standard InChI is InChI=1S/C26H24N6O4S/c1-17-4-10-21(11-5-17)31-25(20-8-14-23(36-3)15-9-20)29-30-26(31)37-16-24(33)28-27-18(2)19-6-12-22(13-7-19)32(34)35/h4-15H,16H2,1-3H3,(H,28,33)/b27-18+. The number of amides is 1. The zero-order chi connectivity index (χ0) is 26.4. The Morgan fingerprint density at radius 1 is 1.05 bits per heavy atom. The Morgan fingerprint density at radius 2 is 1.73 bits per heavy atom. The molecule has 0 fully saturated rings. The summed E-state index contributed by atoms with van der Waals surface area (Å²) < 4.78 is 7.16. The summed E-state index contributed by atoms with van der Waals surface area (Å²) >= 11 is 1.24. The number of non-ortho nitro benzene ring substituents is 1. The number of nitrogens with zero attached hydrogens (tertiary/aromatic N) is 5. The third-order valence-corrected chi connectivity index (χ3v) is 6.38. The van der Waals surface area contributed by atoms with E-state index in [0.29, 0.717) is 22.3 Å². The number of hydrazone groups is 1. The first-order chi connectivity index (χ1) is 17.9. The second-order valence-electron chi connectivity index (χ2n) is 8.03. The zero-order valence-corrected chi connectivity index (χ0v) is 21.2. The van der Waals surface area contributed by atoms with Crippen LogP contribution in [0.2, 0.25) is 0 Å². The van der Waals surface area contributed by atoms with Crippen molar-refractivity contribution in [1.29, 1.82) is 0 Å². The summed E-state index contributed by atoms with van der Waals surface area (Å²) in [5.74, 6) is 1.11. The van der Waals surface area contributed by atoms with Gasteiger partial charge >= 0.3 is 0 Å². The first-order valence-corrected chi connectivity index (χ1v) is 12.2. The maximum Gasteiger partial charge on any atom is 0.269 e. The molecule has 0 spiro atoms. The number of rotatable bonds is 9. The fraction of sp³-hybridized carbons (Fsp3) is 0.154. The highest BCUT2D eigenvalue weighted by Gasteiger charge is 2.17. The van der Waals surface area contributed by atoms with Crippen molar-refractivity contribution in [3.63, 3.8) is 0 Å². The van der Waals surface area contributed by atoms with Gasteiger partial charge in [0.05, 0.1) is 23.5 Å². The minimum absolute atomic E-state index is 0.0105. The van der Waals surface area contributed by atoms with E-state index in [-0.39, 0.29) is 17.3 Å². The summed E-state index contributed by atoms with van der Waals surface area (Å²) in [6.45, 7) is 3.73. The predicted octanol–water partition coefficient (Wildman–Crippen LogP) is 4.79. The van der Waals surface area contributed by atoms with Crippen LogP contribution in [0.5, 0.6) is 5.75 Å². The monoisotopic (exact) mass is 516 g/mol. The van der Waals surface area contributed by atoms with E-state index in [0.717, 1.165) is 22.6 Å². The molecule has 3 aromatic carbocycles. The van der Waals surface area contributed by atoms with Gasteiger partial charge in [-0.3, -0.25) is 19.5 Å². The Kier molecular flexibility index (Phi) is 7.94. The molecule has 188 valence electrons. The van der Waals surface area contributed by atoms with Gasteiger partial charge in [0, 0.05) is 23.4 Å². The van der Waals surface area contributed by atoms with Crippen LogP contribution in [0.15, 0.2) is 83.1 Å². The van der Waals surface area contributed by atoms with Crippen molar-refractivity contribution in [2.45, 2.75) is 19.0 Å². The molecule has 1 N–H and O–H groups in total. The molecule has 4 rings (SSSR count). The van der Waals surface area contributed by atoms with Gasteiger partial charge in [-0.15, -0.1) is 10.2 Å². The Bertz CT molecular complexity index is 1430. The lowest BCUT2D eigenvalue weighted by Crippen LogP contribution is -2.21. The topological polar surface area (TPSA) is 125 Å². The largest absolute Gasteiger partial charge is 0.497 e. The normalized spacial score (nSPS) is 11.3. The first-order valence-electron chi connectivity index (χ1n) is 11.2. The maximum atomic E-state index is 12.5. The van der Waals surface area contributed by atoms with Gasteiger partial charge in [0.25, 0.3) is 11.6 Å². The number of aromatic nitrogens is 3. The lowest BCUT2D eigenvalue weighted by molar-refractivity contribution is -0.384. The summed E-state index contributed by atoms with van der Waals surface area (Å²) in [5, 5.41) is 24.2. The van der Waals surface area contributed by atoms with E-state index in [1.807, 2.05) is 60.0 Å². The lowest BCUT2D eigenvalue weighted by atomic mass is 10.1. The van der Waals surface area contributed by atoms with E-state index >= 15 is 0 Å². The quantitative estimate of drug-likeness (QED) is 0.147. The summed E-state index contributed by atoms with van der Waals surface area (Å²) in [7, 11) is 1.61. The van der Waals surface area contributed by atoms with Crippen LogP contribution in [0.4, 0.5) is 5.69 Å². The van der Waals surface area contributed by atoms with Crippen LogP contribution in [0, 0.1) is 17.0 Å². The molecule has 0 aliphatic rings. The highest BCUT2D eigenvalue weighted by Crippen LogP contribution is 2.29. The molecule has 0 saturated carbocycles. The first kappa shape index (κ1) is 25.6. The van der Waals surface area contributed by atoms with E-state index < -0.39 is 4.92 Å². The number of hydrogen-bond acceptors (Lipinski definition) is 8. The second kappa shape index (κ2) is 11.5. The van der Waals surface area contributed by atoms with Crippen LogP contribution in [0.3, 0.4) is 0 Å². The number of methoxy groups -OCH3 is 1. The smallest absolute Gasteiger partial charge is 0.269 e. The Morgan fingerprint density at radius 3 is 2.35 bits per heavy atom. The number of carbonyl (C=O) groups is 1. The molecule has 10 nitrogen and oxygen atoms in total. The average Bonchev–Trinajstić information content (AvgIpc) is 3.35. The molecule has 0 saturated heterocycles. The van der Waals surface area contributed by atoms with E-state index in [1.54, 1.807) is 26.2 Å². The number of benzene rings is 3. The number of carbonyl (C=O) groups excluding carboxylic acids is 1. The van der Waals surface area contributed by atoms with Crippen LogP contribution >= 0.6 is 11.8 Å². The van der Waals surface area contributed by atoms with Gasteiger partial charge in [0.1, 0.15) is 5.75 Å². The van der Waals surface area contributed by atoms with Gasteiger partial charge in [-0.1, -0.05) is 29.5 Å². The third-order valence-electron chi connectivity index (χ3n) is 5.45. The fourth-order valence-electron chi connectivity index (χ4n) is 3.41. The van der Waals surface area contributed by atoms with Gasteiger partial charge in [0.2, 0.25) is 0 Å². The highest BCUT2D eigenvalue weighted by molar-refractivity contribution is 7.99. The molecular weight excluding hydrogens is 492 g/mol. The number of ether oxygens (including phenoxy) is 1. The molecule has 0 unspecified atom stereocenters. The molecule has 11 heteroatoms. The van der Waals surface area contributed by atoms with Gasteiger partial charge in [-0.25, -0.2) is 5.43 Å². The molecule has 1 heterocycles. The Hall–Kier alpha value is -4.51. The van der Waals surface area contributed by atoms with Gasteiger partial charge in [0.15, 0.2) is 11.0 Å². The number of nitro groups is 1. The Labute approximate surface area is 217 Å². The number of nitro benzene ring substituents is 1. The molecule has 0 atom stereocenters. The van der Waals surface area contributed by atoms with Crippen molar-refractivity contribution in [2.75, 3.05) is 12.9 Å². The van der Waals surface area contributed by atoms with Crippen molar-refractivity contribution >= 4 is 29.1 Å². The molecule has 1 aromatic heterocycles. The average molecular weight is 517 g/mol. The zero-order valence-electron chi connectivity index (χ0n) is 20.4. The predicted molar refractivity (Wildman–Crippen MR) is 142 cm³/mol. The highest BCUT2D eigenvalue weighted by atomic mass is 32.2. The fourth-order valence-corrected chi connectivity index (χ4v) is 4.16. The summed E-state index contributed by atoms with van der Waals surface area (Å²) in [6.07, 6.45) is 0. The number of aryl methyl sites for hydroxylation is 1. The van der Waals surface area contributed by atoms with Crippen molar-refractivity contribution in [3.8, 4) is 22.8 Å². The van der Waals surface area contributed by atoms with E-state index in [2.05, 4.69) is 20.7 Å². The molecule has 0 aliphatic heterocycles. The van der Waals surface area contributed by atoms with Crippen molar-refractivity contribution in [1.82, 2.24) is 20.2 Å². The van der Waals surface area contributed by atoms with E-state index in [4.69, 9.17) is 4.74 Å². The SMILES string of the molecule is COc1ccc(-c2nnc(SCC(=O)N/N=C(\C)c3ccc([N+](=O)[O-])cc3)n2-c2ccc(C)cc2)cc1. The number of hydrogen-bond donors (Lipinski definition) is 1. The third kappa shape index (κ3) is 6.19. The maximum absolute atomic E-state index is 12.5. The summed E-state index contributed by atoms with van der Waals surface area (Å²) in [5.41, 5.74) is 6.56. The molecule has 0 bridgehead atoms. The van der Waals surface area contributed by atoms with Gasteiger partial charge in [-0.2, -0.15) is 5.10 Å². The molecule has 0 aliphatic carbocycles. The molecule has 0 radical (unpaired) electrons. The number of nitrogens with one attached hydrogen (secondary N) is 1. The van der Waals surface area contributed by atoms with Crippen molar-refractivity contribution in [3.05, 3.63) is 94.0 Å². The van der Waals surface area contributed by atoms with Crippen LogP contribution < -0.4 is 10.2 Å². The lowest BCUT2D eigenvalue weighted by Gasteiger charge is -2.11. The molecule has 1 amide bonds. The van der Waals surface area contributed by atoms with Crippen molar-refractivity contribution < 1.29 is 14.5 Å². The van der Waals surface area contributed by atoms with Crippen LogP contribution in [-0.2, 0) is 4.79 Å². The van der Waals surface area contributed by atoms with Crippen molar-refractivity contribution in [2.24, 2.45) is 5.10 Å². The summed E-state index contributed by atoms with van der Waals surface area (Å²) in [4.78, 5) is 22.9. The minimum atomic E-state index is -0.468. The Balaban J connectivity index is 1.50. The van der Waals surface area contributed by atoms with Gasteiger partial charge < -0.3 is 4.74 Å². The molecule has 4 aromatic rings. The molecular formula is C26H24N6O4S. The van der Waals surface area contributed by atoms with Crippen LogP contribution in [-0.4, -0.2) is 44.2 Å². The van der Waals surface area contributed by atoms with Crippen LogP contribution in [0.1, 0.15) is 18.1 Å². The van der Waals surface area contributed by atoms with Gasteiger partial charge in [-0.05, 0) is 67.9 Å². The second-order valence-corrected chi connectivity index (χ2v) is 8.97. The minimum Gasteiger partial charge on any atom is -0.497 e.